The first-order chi connectivity index (χ1) is 9.67. The number of rotatable bonds is 2. The fraction of sp³-hybridized carbons (Fsp3) is 0.688. The lowest BCUT2D eigenvalue weighted by Crippen LogP contribution is -2.50. The highest BCUT2D eigenvalue weighted by Crippen LogP contribution is 2.36. The van der Waals surface area contributed by atoms with Gasteiger partial charge in [-0.25, -0.2) is 0 Å². The first-order valence-corrected chi connectivity index (χ1v) is 7.76. The highest BCUT2D eigenvalue weighted by atomic mass is 16.3. The highest BCUT2D eigenvalue weighted by Gasteiger charge is 2.36. The van der Waals surface area contributed by atoms with E-state index in [4.69, 9.17) is 0 Å². The molecule has 4 nitrogen and oxygen atoms in total. The Morgan fingerprint density at radius 1 is 1.35 bits per heavy atom. The molecule has 3 heterocycles. The Bertz CT molecular complexity index is 463. The van der Waals surface area contributed by atoms with E-state index in [0.29, 0.717) is 11.2 Å². The van der Waals surface area contributed by atoms with E-state index in [1.807, 2.05) is 13.0 Å². The first-order valence-electron chi connectivity index (χ1n) is 7.76. The molecule has 0 aliphatic carbocycles. The van der Waals surface area contributed by atoms with Crippen LogP contribution in [0.3, 0.4) is 0 Å². The van der Waals surface area contributed by atoms with E-state index in [-0.39, 0.29) is 0 Å². The van der Waals surface area contributed by atoms with E-state index >= 15 is 0 Å². The van der Waals surface area contributed by atoms with Crippen LogP contribution in [0.5, 0.6) is 5.75 Å². The van der Waals surface area contributed by atoms with Crippen LogP contribution in [0.4, 0.5) is 0 Å². The topological polar surface area (TPSA) is 48.4 Å². The molecule has 1 spiro atoms. The SMILES string of the molecule is Cc1ccc(O)c(CN2CCCC3(CCCNC3)C2)n1. The third kappa shape index (κ3) is 2.96. The highest BCUT2D eigenvalue weighted by molar-refractivity contribution is 5.27. The number of nitrogens with zero attached hydrogens (tertiary/aromatic N) is 2. The molecule has 2 saturated heterocycles. The van der Waals surface area contributed by atoms with Crippen molar-refractivity contribution < 1.29 is 5.11 Å². The zero-order valence-electron chi connectivity index (χ0n) is 12.4. The molecule has 3 rings (SSSR count). The van der Waals surface area contributed by atoms with E-state index in [9.17, 15) is 5.11 Å². The van der Waals surface area contributed by atoms with Crippen LogP contribution in [0, 0.1) is 12.3 Å². The van der Waals surface area contributed by atoms with Gasteiger partial charge in [-0.3, -0.25) is 9.88 Å². The van der Waals surface area contributed by atoms with Crippen molar-refractivity contribution in [2.24, 2.45) is 5.41 Å². The number of aromatic hydroxyl groups is 1. The second kappa shape index (κ2) is 5.70. The number of hydrogen-bond acceptors (Lipinski definition) is 4. The summed E-state index contributed by atoms with van der Waals surface area (Å²) in [4.78, 5) is 6.96. The molecule has 1 unspecified atom stereocenters. The average Bonchev–Trinajstić information content (AvgIpc) is 2.44. The van der Waals surface area contributed by atoms with Crippen LogP contribution >= 0.6 is 0 Å². The summed E-state index contributed by atoms with van der Waals surface area (Å²) >= 11 is 0. The van der Waals surface area contributed by atoms with E-state index in [2.05, 4.69) is 15.2 Å². The molecule has 2 aliphatic heterocycles. The Kier molecular flexibility index (Phi) is 3.94. The second-order valence-corrected chi connectivity index (χ2v) is 6.51. The van der Waals surface area contributed by atoms with Gasteiger partial charge in [-0.2, -0.15) is 0 Å². The molecule has 0 radical (unpaired) electrons. The molecule has 110 valence electrons. The Morgan fingerprint density at radius 2 is 2.20 bits per heavy atom. The second-order valence-electron chi connectivity index (χ2n) is 6.51. The lowest BCUT2D eigenvalue weighted by molar-refractivity contribution is 0.0588. The van der Waals surface area contributed by atoms with Gasteiger partial charge in [0.1, 0.15) is 5.75 Å². The molecule has 2 N–H and O–H groups in total. The van der Waals surface area contributed by atoms with Gasteiger partial charge in [0.15, 0.2) is 0 Å². The number of likely N-dealkylation sites (tertiary alicyclic amines) is 1. The summed E-state index contributed by atoms with van der Waals surface area (Å²) < 4.78 is 0. The van der Waals surface area contributed by atoms with Crippen molar-refractivity contribution in [2.45, 2.75) is 39.2 Å². The minimum Gasteiger partial charge on any atom is -0.506 e. The molecule has 4 heteroatoms. The van der Waals surface area contributed by atoms with Crippen molar-refractivity contribution in [3.63, 3.8) is 0 Å². The summed E-state index contributed by atoms with van der Waals surface area (Å²) in [5, 5.41) is 13.5. The van der Waals surface area contributed by atoms with Crippen LogP contribution in [0.1, 0.15) is 37.1 Å². The number of aromatic nitrogens is 1. The van der Waals surface area contributed by atoms with E-state index in [0.717, 1.165) is 37.6 Å². The van der Waals surface area contributed by atoms with Gasteiger partial charge in [-0.05, 0) is 63.2 Å². The predicted octanol–water partition coefficient (Wildman–Crippen LogP) is 2.06. The lowest BCUT2D eigenvalue weighted by atomic mass is 9.74. The molecular weight excluding hydrogens is 250 g/mol. The summed E-state index contributed by atoms with van der Waals surface area (Å²) in [6.07, 6.45) is 5.23. The number of nitrogens with one attached hydrogen (secondary N) is 1. The van der Waals surface area contributed by atoms with Crippen LogP contribution in [0.15, 0.2) is 12.1 Å². The van der Waals surface area contributed by atoms with Crippen molar-refractivity contribution >= 4 is 0 Å². The monoisotopic (exact) mass is 275 g/mol. The quantitative estimate of drug-likeness (QED) is 0.867. The van der Waals surface area contributed by atoms with Crippen molar-refractivity contribution in [2.75, 3.05) is 26.2 Å². The Morgan fingerprint density at radius 3 is 3.00 bits per heavy atom. The number of pyridine rings is 1. The summed E-state index contributed by atoms with van der Waals surface area (Å²) in [7, 11) is 0. The van der Waals surface area contributed by atoms with Crippen molar-refractivity contribution in [1.82, 2.24) is 15.2 Å². The number of aryl methyl sites for hydroxylation is 1. The van der Waals surface area contributed by atoms with E-state index in [1.165, 1.54) is 32.2 Å². The molecule has 1 atom stereocenters. The van der Waals surface area contributed by atoms with E-state index < -0.39 is 0 Å². The van der Waals surface area contributed by atoms with Crippen molar-refractivity contribution in [1.29, 1.82) is 0 Å². The van der Waals surface area contributed by atoms with Crippen LogP contribution in [-0.4, -0.2) is 41.2 Å². The fourth-order valence-corrected chi connectivity index (χ4v) is 3.76. The number of hydrogen-bond donors (Lipinski definition) is 2. The van der Waals surface area contributed by atoms with Crippen molar-refractivity contribution in [3.05, 3.63) is 23.5 Å². The van der Waals surface area contributed by atoms with Crippen LogP contribution in [0.25, 0.3) is 0 Å². The van der Waals surface area contributed by atoms with Gasteiger partial charge < -0.3 is 10.4 Å². The largest absolute Gasteiger partial charge is 0.506 e. The van der Waals surface area contributed by atoms with Crippen LogP contribution < -0.4 is 5.32 Å². The fourth-order valence-electron chi connectivity index (χ4n) is 3.76. The van der Waals surface area contributed by atoms with Crippen LogP contribution in [0.2, 0.25) is 0 Å². The summed E-state index contributed by atoms with van der Waals surface area (Å²) in [6.45, 7) is 7.32. The predicted molar refractivity (Wildman–Crippen MR) is 79.7 cm³/mol. The maximum Gasteiger partial charge on any atom is 0.138 e. The normalized spacial score (nSPS) is 27.9. The van der Waals surface area contributed by atoms with Gasteiger partial charge >= 0.3 is 0 Å². The molecule has 0 saturated carbocycles. The molecule has 0 amide bonds. The summed E-state index contributed by atoms with van der Waals surface area (Å²) in [6, 6.07) is 3.63. The molecule has 20 heavy (non-hydrogen) atoms. The standard InChI is InChI=1S/C16H25N3O/c1-13-4-5-15(20)14(18-13)10-19-9-3-7-16(12-19)6-2-8-17-11-16/h4-5,17,20H,2-3,6-12H2,1H3. The molecule has 1 aromatic heterocycles. The average molecular weight is 275 g/mol. The van der Waals surface area contributed by atoms with Gasteiger partial charge in [0, 0.05) is 25.3 Å². The molecule has 0 bridgehead atoms. The summed E-state index contributed by atoms with van der Waals surface area (Å²) in [5.41, 5.74) is 2.25. The zero-order chi connectivity index (χ0) is 14.0. The molecule has 2 aliphatic rings. The minimum atomic E-state index is 0.331. The first kappa shape index (κ1) is 13.8. The van der Waals surface area contributed by atoms with Gasteiger partial charge in [0.05, 0.1) is 5.69 Å². The van der Waals surface area contributed by atoms with E-state index in [1.54, 1.807) is 6.07 Å². The lowest BCUT2D eigenvalue weighted by Gasteiger charge is -2.45. The third-order valence-corrected chi connectivity index (χ3v) is 4.76. The van der Waals surface area contributed by atoms with Gasteiger partial charge in [-0.1, -0.05) is 0 Å². The maximum atomic E-state index is 9.97. The van der Waals surface area contributed by atoms with Gasteiger partial charge in [0.25, 0.3) is 0 Å². The zero-order valence-corrected chi connectivity index (χ0v) is 12.4. The Balaban J connectivity index is 1.69. The Labute approximate surface area is 121 Å². The Hall–Kier alpha value is -1.13. The van der Waals surface area contributed by atoms with Gasteiger partial charge in [0.2, 0.25) is 0 Å². The summed E-state index contributed by atoms with van der Waals surface area (Å²) in [5.74, 6) is 0.331. The smallest absolute Gasteiger partial charge is 0.138 e. The maximum absolute atomic E-state index is 9.97. The third-order valence-electron chi connectivity index (χ3n) is 4.76. The number of piperidine rings is 2. The van der Waals surface area contributed by atoms with Gasteiger partial charge in [-0.15, -0.1) is 0 Å². The molecular formula is C16H25N3O. The molecule has 2 fully saturated rings. The molecule has 1 aromatic rings. The van der Waals surface area contributed by atoms with Crippen molar-refractivity contribution in [3.8, 4) is 5.75 Å². The minimum absolute atomic E-state index is 0.331. The molecule has 0 aromatic carbocycles. The van der Waals surface area contributed by atoms with Crippen LogP contribution in [-0.2, 0) is 6.54 Å².